The molecule has 82 valence electrons. The summed E-state index contributed by atoms with van der Waals surface area (Å²) in [4.78, 5) is 15.6. The third-order valence-electron chi connectivity index (χ3n) is 1.78. The number of nitrogens with one attached hydrogen (secondary N) is 1. The minimum Gasteiger partial charge on any atom is -0.459 e. The van der Waals surface area contributed by atoms with Crippen LogP contribution in [0.4, 0.5) is 5.82 Å². The molecule has 1 N–H and O–H groups in total. The molecular formula is C10H6BrClN2O2. The van der Waals surface area contributed by atoms with E-state index < -0.39 is 0 Å². The fraction of sp³-hybridized carbons (Fsp3) is 0. The summed E-state index contributed by atoms with van der Waals surface area (Å²) >= 11 is 8.98. The first-order chi connectivity index (χ1) is 7.66. The molecule has 0 atom stereocenters. The van der Waals surface area contributed by atoms with Gasteiger partial charge in [0, 0.05) is 6.20 Å². The van der Waals surface area contributed by atoms with Crippen LogP contribution in [0.15, 0.2) is 39.5 Å². The highest BCUT2D eigenvalue weighted by Gasteiger charge is 2.11. The summed E-state index contributed by atoms with van der Waals surface area (Å²) < 4.78 is 5.56. The van der Waals surface area contributed by atoms with Crippen LogP contribution in [-0.2, 0) is 0 Å². The number of furan rings is 1. The maximum absolute atomic E-state index is 11.6. The molecule has 6 heteroatoms. The molecule has 0 aromatic carbocycles. The van der Waals surface area contributed by atoms with Crippen LogP contribution in [0.1, 0.15) is 10.6 Å². The number of aromatic nitrogens is 1. The lowest BCUT2D eigenvalue weighted by Gasteiger charge is -2.04. The Morgan fingerprint density at radius 1 is 1.56 bits per heavy atom. The fourth-order valence-electron chi connectivity index (χ4n) is 1.08. The molecule has 1 amide bonds. The van der Waals surface area contributed by atoms with Gasteiger partial charge in [-0.3, -0.25) is 4.79 Å². The van der Waals surface area contributed by atoms with Gasteiger partial charge in [0.15, 0.2) is 5.76 Å². The first kappa shape index (κ1) is 11.2. The predicted molar refractivity (Wildman–Crippen MR) is 63.6 cm³/mol. The van der Waals surface area contributed by atoms with E-state index in [1.165, 1.54) is 12.5 Å². The van der Waals surface area contributed by atoms with Gasteiger partial charge in [-0.1, -0.05) is 11.6 Å². The number of amides is 1. The van der Waals surface area contributed by atoms with Crippen LogP contribution < -0.4 is 5.32 Å². The molecule has 2 rings (SSSR count). The van der Waals surface area contributed by atoms with Gasteiger partial charge in [-0.15, -0.1) is 0 Å². The first-order valence-electron chi connectivity index (χ1n) is 4.33. The number of pyridine rings is 1. The first-order valence-corrected chi connectivity index (χ1v) is 5.50. The van der Waals surface area contributed by atoms with Crippen molar-refractivity contribution in [2.75, 3.05) is 5.32 Å². The van der Waals surface area contributed by atoms with Crippen molar-refractivity contribution in [3.8, 4) is 0 Å². The van der Waals surface area contributed by atoms with Gasteiger partial charge in [-0.2, -0.15) is 0 Å². The number of halogens is 2. The Kier molecular flexibility index (Phi) is 3.26. The molecule has 0 bridgehead atoms. The molecule has 0 saturated heterocycles. The van der Waals surface area contributed by atoms with Crippen molar-refractivity contribution in [2.24, 2.45) is 0 Å². The standard InChI is InChI=1S/C10H6BrClN2O2/c11-7-4-6(12)5-13-9(7)14-10(15)8-2-1-3-16-8/h1-5H,(H,13,14,15). The molecule has 16 heavy (non-hydrogen) atoms. The summed E-state index contributed by atoms with van der Waals surface area (Å²) in [5, 5.41) is 3.08. The molecule has 2 heterocycles. The van der Waals surface area contributed by atoms with Crippen molar-refractivity contribution in [3.05, 3.63) is 45.9 Å². The van der Waals surface area contributed by atoms with Crippen LogP contribution >= 0.6 is 27.5 Å². The Labute approximate surface area is 105 Å². The minimum absolute atomic E-state index is 0.226. The number of carbonyl (C=O) groups is 1. The Bertz CT molecular complexity index is 514. The molecule has 0 unspecified atom stereocenters. The molecule has 0 aliphatic heterocycles. The van der Waals surface area contributed by atoms with Gasteiger partial charge in [0.2, 0.25) is 0 Å². The lowest BCUT2D eigenvalue weighted by molar-refractivity contribution is 0.0996. The molecule has 0 fully saturated rings. The average molecular weight is 302 g/mol. The normalized spacial score (nSPS) is 10.1. The number of anilines is 1. The van der Waals surface area contributed by atoms with Crippen molar-refractivity contribution in [2.45, 2.75) is 0 Å². The van der Waals surface area contributed by atoms with Crippen LogP contribution in [0.2, 0.25) is 5.02 Å². The van der Waals surface area contributed by atoms with E-state index in [4.69, 9.17) is 16.0 Å². The van der Waals surface area contributed by atoms with Gasteiger partial charge < -0.3 is 9.73 Å². The molecule has 0 aliphatic carbocycles. The molecule has 0 saturated carbocycles. The zero-order valence-corrected chi connectivity index (χ0v) is 10.2. The number of rotatable bonds is 2. The molecule has 0 radical (unpaired) electrons. The number of hydrogen-bond acceptors (Lipinski definition) is 3. The quantitative estimate of drug-likeness (QED) is 0.925. The van der Waals surface area contributed by atoms with Crippen molar-refractivity contribution in [3.63, 3.8) is 0 Å². The summed E-state index contributed by atoms with van der Waals surface area (Å²) in [7, 11) is 0. The van der Waals surface area contributed by atoms with Gasteiger partial charge in [0.1, 0.15) is 5.82 Å². The summed E-state index contributed by atoms with van der Waals surface area (Å²) in [5.74, 6) is 0.259. The Morgan fingerprint density at radius 2 is 2.38 bits per heavy atom. The Morgan fingerprint density at radius 3 is 3.00 bits per heavy atom. The summed E-state index contributed by atoms with van der Waals surface area (Å²) in [5.41, 5.74) is 0. The van der Waals surface area contributed by atoms with Gasteiger partial charge in [0.05, 0.1) is 15.8 Å². The van der Waals surface area contributed by atoms with Gasteiger partial charge >= 0.3 is 0 Å². The van der Waals surface area contributed by atoms with Crippen LogP contribution in [0.25, 0.3) is 0 Å². The monoisotopic (exact) mass is 300 g/mol. The van der Waals surface area contributed by atoms with E-state index in [9.17, 15) is 4.79 Å². The van der Waals surface area contributed by atoms with Crippen molar-refractivity contribution < 1.29 is 9.21 Å². The lowest BCUT2D eigenvalue weighted by atomic mass is 10.4. The zero-order valence-electron chi connectivity index (χ0n) is 7.91. The van der Waals surface area contributed by atoms with Crippen molar-refractivity contribution >= 4 is 39.3 Å². The number of carbonyl (C=O) groups excluding carboxylic acids is 1. The second kappa shape index (κ2) is 4.67. The van der Waals surface area contributed by atoms with E-state index >= 15 is 0 Å². The molecule has 2 aromatic heterocycles. The fourth-order valence-corrected chi connectivity index (χ4v) is 1.82. The topological polar surface area (TPSA) is 55.1 Å². The van der Waals surface area contributed by atoms with Crippen LogP contribution in [-0.4, -0.2) is 10.9 Å². The SMILES string of the molecule is O=C(Nc1ncc(Cl)cc1Br)c1ccco1. The molecule has 0 spiro atoms. The lowest BCUT2D eigenvalue weighted by Crippen LogP contribution is -2.12. The van der Waals surface area contributed by atoms with Crippen molar-refractivity contribution in [1.29, 1.82) is 0 Å². The second-order valence-corrected chi connectivity index (χ2v) is 4.21. The Balaban J connectivity index is 2.18. The van der Waals surface area contributed by atoms with E-state index in [2.05, 4.69) is 26.2 Å². The third kappa shape index (κ3) is 2.43. The van der Waals surface area contributed by atoms with Crippen LogP contribution in [0, 0.1) is 0 Å². The van der Waals surface area contributed by atoms with Crippen LogP contribution in [0.5, 0.6) is 0 Å². The average Bonchev–Trinajstić information content (AvgIpc) is 2.75. The van der Waals surface area contributed by atoms with Gasteiger partial charge in [0.25, 0.3) is 5.91 Å². The predicted octanol–water partition coefficient (Wildman–Crippen LogP) is 3.34. The molecule has 0 aliphatic rings. The van der Waals surface area contributed by atoms with E-state index in [0.29, 0.717) is 15.3 Å². The highest BCUT2D eigenvalue weighted by Crippen LogP contribution is 2.23. The molecule has 4 nitrogen and oxygen atoms in total. The van der Waals surface area contributed by atoms with E-state index in [1.807, 2.05) is 0 Å². The largest absolute Gasteiger partial charge is 0.459 e. The minimum atomic E-state index is -0.361. The second-order valence-electron chi connectivity index (χ2n) is 2.92. The van der Waals surface area contributed by atoms with Gasteiger partial charge in [-0.25, -0.2) is 4.98 Å². The van der Waals surface area contributed by atoms with Gasteiger partial charge in [-0.05, 0) is 34.1 Å². The number of hydrogen-bond donors (Lipinski definition) is 1. The number of nitrogens with zero attached hydrogens (tertiary/aromatic N) is 1. The third-order valence-corrected chi connectivity index (χ3v) is 2.60. The van der Waals surface area contributed by atoms with E-state index in [-0.39, 0.29) is 11.7 Å². The van der Waals surface area contributed by atoms with Crippen molar-refractivity contribution in [1.82, 2.24) is 4.98 Å². The van der Waals surface area contributed by atoms with E-state index in [0.717, 1.165) is 0 Å². The highest BCUT2D eigenvalue weighted by atomic mass is 79.9. The summed E-state index contributed by atoms with van der Waals surface area (Å²) in [6, 6.07) is 4.85. The van der Waals surface area contributed by atoms with E-state index in [1.54, 1.807) is 18.2 Å². The summed E-state index contributed by atoms with van der Waals surface area (Å²) in [6.45, 7) is 0. The molecule has 2 aromatic rings. The highest BCUT2D eigenvalue weighted by molar-refractivity contribution is 9.10. The summed E-state index contributed by atoms with van der Waals surface area (Å²) in [6.07, 6.45) is 2.88. The maximum Gasteiger partial charge on any atom is 0.292 e. The Hall–Kier alpha value is -1.33. The smallest absolute Gasteiger partial charge is 0.292 e. The molecular weight excluding hydrogens is 295 g/mol. The maximum atomic E-state index is 11.6. The van der Waals surface area contributed by atoms with Crippen LogP contribution in [0.3, 0.4) is 0 Å². The zero-order chi connectivity index (χ0) is 11.5.